The predicted molar refractivity (Wildman–Crippen MR) is 97.4 cm³/mol. The third kappa shape index (κ3) is 3.82. The van der Waals surface area contributed by atoms with Crippen LogP contribution in [0.5, 0.6) is 5.75 Å². The van der Waals surface area contributed by atoms with E-state index in [-0.39, 0.29) is 30.4 Å². The maximum Gasteiger partial charge on any atom is 0.419 e. The lowest BCUT2D eigenvalue weighted by Gasteiger charge is -2.35. The number of rotatable bonds is 5. The number of nitrogens with one attached hydrogen (secondary N) is 1. The number of aromatic nitrogens is 2. The van der Waals surface area contributed by atoms with Crippen molar-refractivity contribution in [2.45, 2.75) is 37.8 Å². The van der Waals surface area contributed by atoms with Crippen molar-refractivity contribution >= 4 is 11.4 Å². The smallest absolute Gasteiger partial charge is 0.419 e. The molecular weight excluding hydrogens is 406 g/mol. The second-order valence-electron chi connectivity index (χ2n) is 7.05. The Kier molecular flexibility index (Phi) is 5.10. The minimum atomic E-state index is -4.80. The Morgan fingerprint density at radius 1 is 1.27 bits per heavy atom. The van der Waals surface area contributed by atoms with Crippen LogP contribution in [0, 0.1) is 5.82 Å². The summed E-state index contributed by atoms with van der Waals surface area (Å²) in [6.45, 7) is -0.221. The molecule has 0 aliphatic heterocycles. The first-order chi connectivity index (χ1) is 14.3. The molecule has 0 bridgehead atoms. The second-order valence-corrected chi connectivity index (χ2v) is 7.05. The number of alkyl halides is 3. The second kappa shape index (κ2) is 7.60. The van der Waals surface area contributed by atoms with Crippen LogP contribution in [-0.2, 0) is 12.8 Å². The van der Waals surface area contributed by atoms with E-state index >= 15 is 0 Å². The van der Waals surface area contributed by atoms with Gasteiger partial charge in [-0.3, -0.25) is 4.79 Å². The molecule has 158 valence electrons. The lowest BCUT2D eigenvalue weighted by Crippen LogP contribution is -2.49. The Hall–Kier alpha value is -3.14. The molecule has 0 spiro atoms. The minimum absolute atomic E-state index is 0.0716. The van der Waals surface area contributed by atoms with E-state index in [1.54, 1.807) is 18.2 Å². The van der Waals surface area contributed by atoms with Gasteiger partial charge in [0, 0.05) is 18.9 Å². The number of nitrogens with zero attached hydrogens (tertiary/aromatic N) is 2. The van der Waals surface area contributed by atoms with Gasteiger partial charge in [-0.1, -0.05) is 6.07 Å². The first kappa shape index (κ1) is 20.1. The number of carbonyl (C=O) groups is 1. The third-order valence-corrected chi connectivity index (χ3v) is 5.00. The summed E-state index contributed by atoms with van der Waals surface area (Å²) in [5, 5.41) is 16.3. The number of amides is 1. The molecule has 1 amide bonds. The van der Waals surface area contributed by atoms with Crippen LogP contribution < -0.4 is 10.1 Å². The summed E-state index contributed by atoms with van der Waals surface area (Å²) in [6.07, 6.45) is -2.96. The lowest BCUT2D eigenvalue weighted by molar-refractivity contribution is -0.140. The van der Waals surface area contributed by atoms with Gasteiger partial charge in [-0.2, -0.15) is 18.3 Å². The molecule has 6 nitrogen and oxygen atoms in total. The van der Waals surface area contributed by atoms with Gasteiger partial charge < -0.3 is 15.2 Å². The summed E-state index contributed by atoms with van der Waals surface area (Å²) in [6, 6.07) is 7.41. The Labute approximate surface area is 168 Å². The number of pyridine rings is 1. The highest BCUT2D eigenvalue weighted by Crippen LogP contribution is 2.35. The quantitative estimate of drug-likeness (QED) is 0.618. The maximum absolute atomic E-state index is 13.4. The van der Waals surface area contributed by atoms with Crippen molar-refractivity contribution < 1.29 is 32.2 Å². The molecule has 3 aromatic rings. The standard InChI is InChI=1S/C20H17F4N3O3/c21-17-5-4-13(8-16(17)20(22,23)24)30-14-6-11(7-14)26-19(29)15-9-25-27-12(10-28)2-1-3-18(15)27/h1-5,8-9,11,14,28H,6-7,10H2,(H,26,29). The van der Waals surface area contributed by atoms with Crippen LogP contribution in [-0.4, -0.2) is 32.8 Å². The molecule has 30 heavy (non-hydrogen) atoms. The van der Waals surface area contributed by atoms with Crippen molar-refractivity contribution in [3.05, 3.63) is 65.2 Å². The van der Waals surface area contributed by atoms with E-state index in [0.717, 1.165) is 12.1 Å². The molecule has 1 fully saturated rings. The number of benzene rings is 1. The molecule has 0 atom stereocenters. The summed E-state index contributed by atoms with van der Waals surface area (Å²) in [5.41, 5.74) is 0.0703. The van der Waals surface area contributed by atoms with E-state index in [1.165, 1.54) is 10.7 Å². The number of hydrogen-bond acceptors (Lipinski definition) is 4. The van der Waals surface area contributed by atoms with Gasteiger partial charge in [0.25, 0.3) is 5.91 Å². The average Bonchev–Trinajstić information content (AvgIpc) is 3.11. The van der Waals surface area contributed by atoms with Crippen molar-refractivity contribution in [2.75, 3.05) is 0 Å². The molecule has 1 saturated carbocycles. The topological polar surface area (TPSA) is 75.9 Å². The van der Waals surface area contributed by atoms with Gasteiger partial charge in [0.15, 0.2) is 0 Å². The largest absolute Gasteiger partial charge is 0.490 e. The molecule has 1 aliphatic carbocycles. The molecule has 0 saturated heterocycles. The van der Waals surface area contributed by atoms with Gasteiger partial charge in [0.1, 0.15) is 17.7 Å². The highest BCUT2D eigenvalue weighted by atomic mass is 19.4. The van der Waals surface area contributed by atoms with Gasteiger partial charge in [-0.25, -0.2) is 8.91 Å². The zero-order chi connectivity index (χ0) is 21.5. The lowest BCUT2D eigenvalue weighted by atomic mass is 9.89. The Morgan fingerprint density at radius 3 is 2.73 bits per heavy atom. The fourth-order valence-corrected chi connectivity index (χ4v) is 3.39. The van der Waals surface area contributed by atoms with Crippen LogP contribution in [0.4, 0.5) is 17.6 Å². The van der Waals surface area contributed by atoms with E-state index in [0.29, 0.717) is 35.7 Å². The summed E-state index contributed by atoms with van der Waals surface area (Å²) in [5.74, 6) is -1.77. The molecule has 2 heterocycles. The molecule has 1 aromatic carbocycles. The van der Waals surface area contributed by atoms with Crippen molar-refractivity contribution in [2.24, 2.45) is 0 Å². The zero-order valence-electron chi connectivity index (χ0n) is 15.5. The van der Waals surface area contributed by atoms with Crippen LogP contribution in [0.3, 0.4) is 0 Å². The number of aliphatic hydroxyl groups excluding tert-OH is 1. The number of carbonyl (C=O) groups excluding carboxylic acids is 1. The van der Waals surface area contributed by atoms with Gasteiger partial charge in [-0.05, 0) is 30.3 Å². The van der Waals surface area contributed by atoms with Crippen molar-refractivity contribution in [1.82, 2.24) is 14.9 Å². The first-order valence-corrected chi connectivity index (χ1v) is 9.17. The van der Waals surface area contributed by atoms with Crippen LogP contribution in [0.2, 0.25) is 0 Å². The normalized spacial score (nSPS) is 18.8. The summed E-state index contributed by atoms with van der Waals surface area (Å²) >= 11 is 0. The molecule has 4 rings (SSSR count). The highest BCUT2D eigenvalue weighted by molar-refractivity contribution is 6.00. The van der Waals surface area contributed by atoms with Crippen molar-refractivity contribution in [3.8, 4) is 5.75 Å². The summed E-state index contributed by atoms with van der Waals surface area (Å²) < 4.78 is 58.7. The van der Waals surface area contributed by atoms with E-state index in [1.807, 2.05) is 0 Å². The van der Waals surface area contributed by atoms with Crippen molar-refractivity contribution in [1.29, 1.82) is 0 Å². The van der Waals surface area contributed by atoms with Crippen LogP contribution >= 0.6 is 0 Å². The number of hydrogen-bond donors (Lipinski definition) is 2. The van der Waals surface area contributed by atoms with E-state index in [2.05, 4.69) is 10.4 Å². The van der Waals surface area contributed by atoms with Gasteiger partial charge in [-0.15, -0.1) is 0 Å². The number of ether oxygens (including phenoxy) is 1. The summed E-state index contributed by atoms with van der Waals surface area (Å²) in [7, 11) is 0. The van der Waals surface area contributed by atoms with Crippen LogP contribution in [0.15, 0.2) is 42.6 Å². The minimum Gasteiger partial charge on any atom is -0.490 e. The Bertz CT molecular complexity index is 1090. The number of halogens is 4. The SMILES string of the molecule is O=C(NC1CC(Oc2ccc(F)c(C(F)(F)F)c2)C1)c1cnn2c(CO)cccc12. The highest BCUT2D eigenvalue weighted by Gasteiger charge is 2.36. The molecule has 0 unspecified atom stereocenters. The molecule has 10 heteroatoms. The van der Waals surface area contributed by atoms with E-state index in [4.69, 9.17) is 4.74 Å². The van der Waals surface area contributed by atoms with Crippen LogP contribution in [0.25, 0.3) is 5.52 Å². The molecule has 1 aliphatic rings. The maximum atomic E-state index is 13.4. The van der Waals surface area contributed by atoms with E-state index in [9.17, 15) is 27.5 Å². The first-order valence-electron chi connectivity index (χ1n) is 9.17. The molecule has 2 aromatic heterocycles. The summed E-state index contributed by atoms with van der Waals surface area (Å²) in [4.78, 5) is 12.5. The Morgan fingerprint density at radius 2 is 2.03 bits per heavy atom. The van der Waals surface area contributed by atoms with Gasteiger partial charge in [0.05, 0.1) is 35.1 Å². The molecule has 2 N–H and O–H groups in total. The fourth-order valence-electron chi connectivity index (χ4n) is 3.39. The Balaban J connectivity index is 1.36. The van der Waals surface area contributed by atoms with Gasteiger partial charge in [0.2, 0.25) is 0 Å². The predicted octanol–water partition coefficient (Wildman–Crippen LogP) is 3.32. The van der Waals surface area contributed by atoms with Gasteiger partial charge >= 0.3 is 6.18 Å². The number of fused-ring (bicyclic) bond motifs is 1. The van der Waals surface area contributed by atoms with E-state index < -0.39 is 17.6 Å². The van der Waals surface area contributed by atoms with Crippen molar-refractivity contribution in [3.63, 3.8) is 0 Å². The zero-order valence-corrected chi connectivity index (χ0v) is 15.5. The monoisotopic (exact) mass is 423 g/mol. The molecule has 0 radical (unpaired) electrons. The third-order valence-electron chi connectivity index (χ3n) is 5.00. The molecular formula is C20H17F4N3O3. The van der Waals surface area contributed by atoms with Crippen LogP contribution in [0.1, 0.15) is 34.5 Å². The average molecular weight is 423 g/mol. The number of aliphatic hydroxyl groups is 1. The fraction of sp³-hybridized carbons (Fsp3) is 0.300.